The van der Waals surface area contributed by atoms with Gasteiger partial charge in [-0.2, -0.15) is 5.10 Å². The Balaban J connectivity index is 1.76. The number of aryl methyl sites for hydroxylation is 2. The maximum atomic E-state index is 12.5. The van der Waals surface area contributed by atoms with Gasteiger partial charge in [0.2, 0.25) is 10.0 Å². The molecule has 33 heavy (non-hydrogen) atoms. The molecule has 0 spiro atoms. The number of halogens is 2. The number of nitrogens with zero attached hydrogens (tertiary/aromatic N) is 3. The van der Waals surface area contributed by atoms with E-state index in [1.54, 1.807) is 25.1 Å². The van der Waals surface area contributed by atoms with Gasteiger partial charge in [0.25, 0.3) is 5.91 Å². The number of carbonyl (C=O) groups excluding carboxylic acids is 1. The maximum Gasteiger partial charge on any atom is 0.260 e. The van der Waals surface area contributed by atoms with Crippen LogP contribution in [0.4, 0.5) is 5.69 Å². The molecule has 0 aliphatic carbocycles. The molecule has 3 rings (SSSR count). The van der Waals surface area contributed by atoms with Gasteiger partial charge in [-0.05, 0) is 68.8 Å². The minimum atomic E-state index is -3.71. The van der Waals surface area contributed by atoms with E-state index in [1.807, 2.05) is 48.7 Å². The second-order valence-electron chi connectivity index (χ2n) is 7.64. The smallest absolute Gasteiger partial charge is 0.260 e. The number of hydrazone groups is 1. The van der Waals surface area contributed by atoms with Crippen molar-refractivity contribution < 1.29 is 13.2 Å². The average Bonchev–Trinajstić information content (AvgIpc) is 2.99. The number of anilines is 1. The molecule has 0 aliphatic rings. The third kappa shape index (κ3) is 5.96. The molecular weight excluding hydrogens is 483 g/mol. The Morgan fingerprint density at radius 2 is 1.79 bits per heavy atom. The fraction of sp³-hybridized carbons (Fsp3) is 0.217. The molecule has 0 radical (unpaired) electrons. The molecule has 1 aromatic heterocycles. The van der Waals surface area contributed by atoms with Gasteiger partial charge in [0.1, 0.15) is 6.54 Å². The van der Waals surface area contributed by atoms with Crippen LogP contribution in [0.3, 0.4) is 0 Å². The number of hydrogen-bond donors (Lipinski definition) is 1. The van der Waals surface area contributed by atoms with Gasteiger partial charge in [0, 0.05) is 32.7 Å². The van der Waals surface area contributed by atoms with Crippen LogP contribution in [0.15, 0.2) is 53.6 Å². The molecule has 0 saturated carbocycles. The van der Waals surface area contributed by atoms with Crippen molar-refractivity contribution in [3.05, 3.63) is 81.1 Å². The van der Waals surface area contributed by atoms with E-state index in [2.05, 4.69) is 10.5 Å². The second-order valence-corrected chi connectivity index (χ2v) is 10.4. The third-order valence-electron chi connectivity index (χ3n) is 5.04. The zero-order chi connectivity index (χ0) is 24.3. The molecule has 0 aliphatic heterocycles. The van der Waals surface area contributed by atoms with Gasteiger partial charge < -0.3 is 4.57 Å². The molecular formula is C23H24Cl2N4O3S. The molecule has 0 atom stereocenters. The fourth-order valence-electron chi connectivity index (χ4n) is 3.55. The summed E-state index contributed by atoms with van der Waals surface area (Å²) < 4.78 is 27.7. The van der Waals surface area contributed by atoms with Crippen LogP contribution in [0.2, 0.25) is 10.0 Å². The highest BCUT2D eigenvalue weighted by Gasteiger charge is 2.22. The number of nitrogens with one attached hydrogen (secondary N) is 1. The second kappa shape index (κ2) is 9.99. The van der Waals surface area contributed by atoms with Crippen molar-refractivity contribution in [3.8, 4) is 5.69 Å². The highest BCUT2D eigenvalue weighted by Crippen LogP contribution is 2.25. The van der Waals surface area contributed by atoms with Crippen LogP contribution in [0, 0.1) is 20.8 Å². The minimum absolute atomic E-state index is 0.381. The summed E-state index contributed by atoms with van der Waals surface area (Å²) in [4.78, 5) is 12.5. The number of hydrogen-bond acceptors (Lipinski definition) is 4. The van der Waals surface area contributed by atoms with E-state index in [-0.39, 0.29) is 0 Å². The lowest BCUT2D eigenvalue weighted by molar-refractivity contribution is -0.119. The van der Waals surface area contributed by atoms with Crippen LogP contribution >= 0.6 is 23.2 Å². The Morgan fingerprint density at radius 1 is 1.09 bits per heavy atom. The quantitative estimate of drug-likeness (QED) is 0.374. The Bertz CT molecular complexity index is 1330. The van der Waals surface area contributed by atoms with Crippen molar-refractivity contribution in [1.29, 1.82) is 0 Å². The normalized spacial score (nSPS) is 11.7. The van der Waals surface area contributed by atoms with E-state index in [0.29, 0.717) is 21.3 Å². The average molecular weight is 507 g/mol. The molecule has 1 N–H and O–H groups in total. The summed E-state index contributed by atoms with van der Waals surface area (Å²) in [6.45, 7) is 5.21. The van der Waals surface area contributed by atoms with Crippen LogP contribution in [-0.4, -0.2) is 37.9 Å². The first kappa shape index (κ1) is 24.8. The van der Waals surface area contributed by atoms with Crippen molar-refractivity contribution in [2.75, 3.05) is 17.1 Å². The molecule has 3 aromatic rings. The predicted octanol–water partition coefficient (Wildman–Crippen LogP) is 4.63. The van der Waals surface area contributed by atoms with E-state index in [4.69, 9.17) is 23.2 Å². The monoisotopic (exact) mass is 506 g/mol. The van der Waals surface area contributed by atoms with Gasteiger partial charge in [0.15, 0.2) is 0 Å². The lowest BCUT2D eigenvalue weighted by atomic mass is 10.2. The Kier molecular flexibility index (Phi) is 7.51. The number of rotatable bonds is 7. The molecule has 10 heteroatoms. The molecule has 0 unspecified atom stereocenters. The molecule has 1 amide bonds. The summed E-state index contributed by atoms with van der Waals surface area (Å²) in [6, 6.07) is 14.2. The lowest BCUT2D eigenvalue weighted by Crippen LogP contribution is -2.39. The van der Waals surface area contributed by atoms with Crippen LogP contribution in [0.1, 0.15) is 22.5 Å². The van der Waals surface area contributed by atoms with Crippen molar-refractivity contribution in [2.45, 2.75) is 20.8 Å². The van der Waals surface area contributed by atoms with Crippen molar-refractivity contribution >= 4 is 51.0 Å². The van der Waals surface area contributed by atoms with Crippen molar-refractivity contribution in [2.24, 2.45) is 5.10 Å². The number of sulfonamides is 1. The summed E-state index contributed by atoms with van der Waals surface area (Å²) in [7, 11) is -3.71. The van der Waals surface area contributed by atoms with E-state index in [0.717, 1.165) is 33.2 Å². The van der Waals surface area contributed by atoms with Crippen LogP contribution in [0.5, 0.6) is 0 Å². The number of benzene rings is 2. The zero-order valence-corrected chi connectivity index (χ0v) is 21.0. The Hall–Kier alpha value is -2.81. The zero-order valence-electron chi connectivity index (χ0n) is 18.6. The molecule has 1 heterocycles. The summed E-state index contributed by atoms with van der Waals surface area (Å²) >= 11 is 12.1. The number of aromatic nitrogens is 1. The molecule has 2 aromatic carbocycles. The van der Waals surface area contributed by atoms with Crippen LogP contribution in [-0.2, 0) is 14.8 Å². The Labute approximate surface area is 203 Å². The standard InChI is InChI=1S/C23H24Cl2N4O3S/c1-15-10-20(25)8-9-22(15)28(33(4,31)32)14-23(30)27-26-13-18-11-16(2)29(17(18)3)21-7-5-6-19(24)12-21/h5-13H,14H2,1-4H3,(H,27,30)/b26-13-. The topological polar surface area (TPSA) is 83.8 Å². The first-order chi connectivity index (χ1) is 15.5. The summed E-state index contributed by atoms with van der Waals surface area (Å²) in [5.74, 6) is -0.574. The van der Waals surface area contributed by atoms with Crippen LogP contribution in [0.25, 0.3) is 5.69 Å². The van der Waals surface area contributed by atoms with Gasteiger partial charge in [-0.15, -0.1) is 0 Å². The molecule has 174 valence electrons. The SMILES string of the molecule is Cc1cc(Cl)ccc1N(CC(=O)N/N=C\c1cc(C)n(-c2cccc(Cl)c2)c1C)S(C)(=O)=O. The Morgan fingerprint density at radius 3 is 2.42 bits per heavy atom. The van der Waals surface area contributed by atoms with E-state index in [9.17, 15) is 13.2 Å². The highest BCUT2D eigenvalue weighted by molar-refractivity contribution is 7.92. The van der Waals surface area contributed by atoms with E-state index < -0.39 is 22.5 Å². The maximum absolute atomic E-state index is 12.5. The van der Waals surface area contributed by atoms with Gasteiger partial charge in [0.05, 0.1) is 18.2 Å². The highest BCUT2D eigenvalue weighted by atomic mass is 35.5. The summed E-state index contributed by atoms with van der Waals surface area (Å²) in [6.07, 6.45) is 2.57. The fourth-order valence-corrected chi connectivity index (χ4v) is 4.88. The van der Waals surface area contributed by atoms with E-state index >= 15 is 0 Å². The van der Waals surface area contributed by atoms with Crippen molar-refractivity contribution in [1.82, 2.24) is 9.99 Å². The van der Waals surface area contributed by atoms with Gasteiger partial charge in [-0.25, -0.2) is 13.8 Å². The molecule has 0 fully saturated rings. The van der Waals surface area contributed by atoms with Crippen molar-refractivity contribution in [3.63, 3.8) is 0 Å². The third-order valence-corrected chi connectivity index (χ3v) is 6.64. The summed E-state index contributed by atoms with van der Waals surface area (Å²) in [5, 5.41) is 5.14. The minimum Gasteiger partial charge on any atom is -0.318 e. The van der Waals surface area contributed by atoms with Gasteiger partial charge >= 0.3 is 0 Å². The van der Waals surface area contributed by atoms with Gasteiger partial charge in [-0.3, -0.25) is 9.10 Å². The first-order valence-corrected chi connectivity index (χ1v) is 12.6. The van der Waals surface area contributed by atoms with Gasteiger partial charge in [-0.1, -0.05) is 29.3 Å². The first-order valence-electron chi connectivity index (χ1n) is 9.98. The largest absolute Gasteiger partial charge is 0.318 e. The number of carbonyl (C=O) groups is 1. The molecule has 7 nitrogen and oxygen atoms in total. The molecule has 0 bridgehead atoms. The van der Waals surface area contributed by atoms with Crippen LogP contribution < -0.4 is 9.73 Å². The lowest BCUT2D eigenvalue weighted by Gasteiger charge is -2.23. The predicted molar refractivity (Wildman–Crippen MR) is 134 cm³/mol. The number of amides is 1. The van der Waals surface area contributed by atoms with E-state index in [1.165, 1.54) is 6.21 Å². The molecule has 0 saturated heterocycles. The summed E-state index contributed by atoms with van der Waals surface area (Å²) in [5.41, 5.74) is 7.05.